The van der Waals surface area contributed by atoms with Gasteiger partial charge < -0.3 is 20.1 Å². The summed E-state index contributed by atoms with van der Waals surface area (Å²) in [5.74, 6) is -0.612. The summed E-state index contributed by atoms with van der Waals surface area (Å²) in [5.41, 5.74) is 9.27. The number of nitrogens with two attached hydrogens (primary N) is 1. The van der Waals surface area contributed by atoms with E-state index in [2.05, 4.69) is 0 Å². The van der Waals surface area contributed by atoms with Crippen molar-refractivity contribution in [3.8, 4) is 22.7 Å². The maximum absolute atomic E-state index is 11.3. The zero-order valence-electron chi connectivity index (χ0n) is 14.9. The number of amides is 1. The fourth-order valence-corrected chi connectivity index (χ4v) is 3.00. The molecule has 0 radical (unpaired) electrons. The minimum atomic E-state index is -0.852. The number of aromatic nitrogens is 1. The fourth-order valence-electron chi connectivity index (χ4n) is 3.00. The Labute approximate surface area is 156 Å². The molecule has 0 saturated carbocycles. The standard InChI is InChI=1S/C21H20N2O4/c1-27-18-4-2-3-15(13-18)19-11-9-17(10-12-20(24)25)23(19)16-7-5-14(6-8-16)21(22)26/h2-9,11,13H,10,12H2,1H3,(H2,22,26)(H,24,25). The van der Waals surface area contributed by atoms with Crippen molar-refractivity contribution in [2.45, 2.75) is 12.8 Å². The Hall–Kier alpha value is -3.54. The van der Waals surface area contributed by atoms with E-state index in [1.165, 1.54) is 0 Å². The van der Waals surface area contributed by atoms with E-state index in [1.54, 1.807) is 31.4 Å². The Morgan fingerprint density at radius 1 is 1.07 bits per heavy atom. The highest BCUT2D eigenvalue weighted by molar-refractivity contribution is 5.92. The van der Waals surface area contributed by atoms with Crippen LogP contribution in [0.15, 0.2) is 60.7 Å². The first-order valence-electron chi connectivity index (χ1n) is 8.46. The van der Waals surface area contributed by atoms with Gasteiger partial charge in [0, 0.05) is 22.5 Å². The van der Waals surface area contributed by atoms with E-state index in [4.69, 9.17) is 15.6 Å². The average molecular weight is 364 g/mol. The van der Waals surface area contributed by atoms with E-state index in [-0.39, 0.29) is 6.42 Å². The zero-order valence-corrected chi connectivity index (χ0v) is 14.9. The molecule has 0 saturated heterocycles. The highest BCUT2D eigenvalue weighted by Crippen LogP contribution is 2.29. The van der Waals surface area contributed by atoms with Gasteiger partial charge in [-0.15, -0.1) is 0 Å². The van der Waals surface area contributed by atoms with Gasteiger partial charge in [-0.25, -0.2) is 0 Å². The lowest BCUT2D eigenvalue weighted by atomic mass is 10.1. The number of rotatable bonds is 7. The minimum absolute atomic E-state index is 0.0287. The van der Waals surface area contributed by atoms with Crippen LogP contribution in [0.3, 0.4) is 0 Å². The monoisotopic (exact) mass is 364 g/mol. The molecule has 0 unspecified atom stereocenters. The molecular formula is C21H20N2O4. The molecule has 138 valence electrons. The number of methoxy groups -OCH3 is 1. The molecule has 1 heterocycles. The van der Waals surface area contributed by atoms with Crippen LogP contribution in [-0.4, -0.2) is 28.7 Å². The van der Waals surface area contributed by atoms with Crippen molar-refractivity contribution < 1.29 is 19.4 Å². The summed E-state index contributed by atoms with van der Waals surface area (Å²) in [4.78, 5) is 22.4. The molecule has 6 nitrogen and oxygen atoms in total. The van der Waals surface area contributed by atoms with Crippen molar-refractivity contribution >= 4 is 11.9 Å². The number of hydrogen-bond acceptors (Lipinski definition) is 3. The van der Waals surface area contributed by atoms with Gasteiger partial charge in [0.15, 0.2) is 0 Å². The number of hydrogen-bond donors (Lipinski definition) is 2. The second-order valence-electron chi connectivity index (χ2n) is 6.08. The largest absolute Gasteiger partial charge is 0.497 e. The molecule has 6 heteroatoms. The molecule has 0 fully saturated rings. The van der Waals surface area contributed by atoms with Crippen molar-refractivity contribution in [3.05, 3.63) is 71.9 Å². The van der Waals surface area contributed by atoms with Crippen LogP contribution in [0.5, 0.6) is 5.75 Å². The van der Waals surface area contributed by atoms with Crippen LogP contribution in [0, 0.1) is 0 Å². The molecule has 3 aromatic rings. The maximum Gasteiger partial charge on any atom is 0.303 e. The van der Waals surface area contributed by atoms with Gasteiger partial charge in [-0.05, 0) is 55.0 Å². The van der Waals surface area contributed by atoms with Crippen LogP contribution in [0.1, 0.15) is 22.5 Å². The third-order valence-corrected chi connectivity index (χ3v) is 4.33. The van der Waals surface area contributed by atoms with Gasteiger partial charge in [-0.1, -0.05) is 12.1 Å². The second-order valence-corrected chi connectivity index (χ2v) is 6.08. The molecule has 0 aliphatic carbocycles. The lowest BCUT2D eigenvalue weighted by Crippen LogP contribution is -2.11. The SMILES string of the molecule is COc1cccc(-c2ccc(CCC(=O)O)n2-c2ccc(C(N)=O)cc2)c1. The molecule has 0 aliphatic rings. The van der Waals surface area contributed by atoms with E-state index >= 15 is 0 Å². The molecule has 3 N–H and O–H groups in total. The van der Waals surface area contributed by atoms with Crippen molar-refractivity contribution in [1.29, 1.82) is 0 Å². The molecule has 0 spiro atoms. The number of carboxylic acid groups (broad SMARTS) is 1. The number of aliphatic carboxylic acids is 1. The van der Waals surface area contributed by atoms with Gasteiger partial charge in [-0.2, -0.15) is 0 Å². The smallest absolute Gasteiger partial charge is 0.303 e. The molecule has 1 amide bonds. The number of nitrogens with zero attached hydrogens (tertiary/aromatic N) is 1. The minimum Gasteiger partial charge on any atom is -0.497 e. The third-order valence-electron chi connectivity index (χ3n) is 4.33. The van der Waals surface area contributed by atoms with Crippen LogP contribution in [-0.2, 0) is 11.2 Å². The van der Waals surface area contributed by atoms with E-state index in [1.807, 2.05) is 41.0 Å². The number of carbonyl (C=O) groups is 2. The molecule has 0 bridgehead atoms. The number of aryl methyl sites for hydroxylation is 1. The Kier molecular flexibility index (Phi) is 5.26. The lowest BCUT2D eigenvalue weighted by Gasteiger charge is -2.15. The summed E-state index contributed by atoms with van der Waals surface area (Å²) in [6, 6.07) is 18.4. The van der Waals surface area contributed by atoms with Gasteiger partial charge in [0.05, 0.1) is 19.2 Å². The van der Waals surface area contributed by atoms with E-state index in [0.717, 1.165) is 28.4 Å². The van der Waals surface area contributed by atoms with Crippen LogP contribution in [0.4, 0.5) is 0 Å². The summed E-state index contributed by atoms with van der Waals surface area (Å²) in [5, 5.41) is 9.05. The normalized spacial score (nSPS) is 10.6. The Morgan fingerprint density at radius 2 is 1.81 bits per heavy atom. The summed E-state index contributed by atoms with van der Waals surface area (Å²) in [6.07, 6.45) is 0.414. The molecular weight excluding hydrogens is 344 g/mol. The maximum atomic E-state index is 11.3. The molecule has 0 atom stereocenters. The lowest BCUT2D eigenvalue weighted by molar-refractivity contribution is -0.136. The zero-order chi connectivity index (χ0) is 19.4. The summed E-state index contributed by atoms with van der Waals surface area (Å²) in [7, 11) is 1.61. The number of primary amides is 1. The summed E-state index contributed by atoms with van der Waals surface area (Å²) < 4.78 is 7.30. The van der Waals surface area contributed by atoms with Gasteiger partial charge in [-0.3, -0.25) is 9.59 Å². The quantitative estimate of drug-likeness (QED) is 0.673. The molecule has 0 aliphatic heterocycles. The van der Waals surface area contributed by atoms with Crippen molar-refractivity contribution in [2.75, 3.05) is 7.11 Å². The second kappa shape index (κ2) is 7.78. The van der Waals surface area contributed by atoms with E-state index in [0.29, 0.717) is 12.0 Å². The molecule has 27 heavy (non-hydrogen) atoms. The van der Waals surface area contributed by atoms with Crippen LogP contribution in [0.2, 0.25) is 0 Å². The van der Waals surface area contributed by atoms with Crippen LogP contribution < -0.4 is 10.5 Å². The predicted molar refractivity (Wildman–Crippen MR) is 102 cm³/mol. The first kappa shape index (κ1) is 18.3. The molecule has 2 aromatic carbocycles. The van der Waals surface area contributed by atoms with Crippen LogP contribution in [0.25, 0.3) is 16.9 Å². The topological polar surface area (TPSA) is 94.6 Å². The number of carboxylic acids is 1. The van der Waals surface area contributed by atoms with Gasteiger partial charge in [0.2, 0.25) is 5.91 Å². The Morgan fingerprint density at radius 3 is 2.44 bits per heavy atom. The molecule has 1 aromatic heterocycles. The highest BCUT2D eigenvalue weighted by Gasteiger charge is 2.14. The van der Waals surface area contributed by atoms with Crippen molar-refractivity contribution in [1.82, 2.24) is 4.57 Å². The highest BCUT2D eigenvalue weighted by atomic mass is 16.5. The molecule has 3 rings (SSSR count). The Balaban J connectivity index is 2.10. The fraction of sp³-hybridized carbons (Fsp3) is 0.143. The van der Waals surface area contributed by atoms with Gasteiger partial charge >= 0.3 is 5.97 Å². The Bertz CT molecular complexity index is 974. The van der Waals surface area contributed by atoms with Crippen molar-refractivity contribution in [3.63, 3.8) is 0 Å². The number of benzene rings is 2. The van der Waals surface area contributed by atoms with E-state index in [9.17, 15) is 9.59 Å². The summed E-state index contributed by atoms with van der Waals surface area (Å²) in [6.45, 7) is 0. The first-order chi connectivity index (χ1) is 13.0. The van der Waals surface area contributed by atoms with Gasteiger partial charge in [0.25, 0.3) is 0 Å². The average Bonchev–Trinajstić information content (AvgIpc) is 3.10. The number of ether oxygens (including phenoxy) is 1. The third kappa shape index (κ3) is 4.00. The first-order valence-corrected chi connectivity index (χ1v) is 8.46. The number of carbonyl (C=O) groups excluding carboxylic acids is 1. The van der Waals surface area contributed by atoms with E-state index < -0.39 is 11.9 Å². The predicted octanol–water partition coefficient (Wildman–Crippen LogP) is 3.27. The summed E-state index contributed by atoms with van der Waals surface area (Å²) >= 11 is 0. The van der Waals surface area contributed by atoms with Crippen LogP contribution >= 0.6 is 0 Å². The van der Waals surface area contributed by atoms with Gasteiger partial charge in [0.1, 0.15) is 5.75 Å². The van der Waals surface area contributed by atoms with Crippen molar-refractivity contribution in [2.24, 2.45) is 5.73 Å².